The summed E-state index contributed by atoms with van der Waals surface area (Å²) in [6.45, 7) is 11.1. The molecular formula is C22H35FN4O4S. The van der Waals surface area contributed by atoms with Crippen LogP contribution in [0, 0.1) is 5.82 Å². The van der Waals surface area contributed by atoms with E-state index in [-0.39, 0.29) is 30.0 Å². The number of carbonyl (C=O) groups excluding carboxylic acids is 1. The highest BCUT2D eigenvalue weighted by atomic mass is 32.2. The summed E-state index contributed by atoms with van der Waals surface area (Å²) in [5.74, 6) is -0.490. The molecule has 2 amide bonds. The molecule has 10 heteroatoms. The van der Waals surface area contributed by atoms with Crippen molar-refractivity contribution < 1.29 is 22.3 Å². The molecule has 2 aliphatic rings. The zero-order valence-electron chi connectivity index (χ0n) is 19.5. The van der Waals surface area contributed by atoms with Crippen molar-refractivity contribution in [2.75, 3.05) is 36.4 Å². The van der Waals surface area contributed by atoms with Crippen molar-refractivity contribution in [3.63, 3.8) is 0 Å². The quantitative estimate of drug-likeness (QED) is 0.706. The summed E-state index contributed by atoms with van der Waals surface area (Å²) in [6.07, 6.45) is 1.16. The first kappa shape index (κ1) is 24.7. The van der Waals surface area contributed by atoms with E-state index >= 15 is 0 Å². The number of morpholine rings is 1. The molecule has 0 aliphatic carbocycles. The monoisotopic (exact) mass is 470 g/mol. The van der Waals surface area contributed by atoms with Gasteiger partial charge in [0.15, 0.2) is 0 Å². The standard InChI is InChI=1S/C22H35FN4O4S/c1-15-13-27(14-16(2)31-15)18-6-7-20(19(23)12-18)24-21(28)26-10-8-17(9-11-26)25-32(29,30)22(3,4)5/h6-7,12,15-17,25H,8-11,13-14H2,1-5H3,(H,24,28). The van der Waals surface area contributed by atoms with Crippen molar-refractivity contribution >= 4 is 27.4 Å². The Balaban J connectivity index is 1.55. The Hall–Kier alpha value is -1.91. The Kier molecular flexibility index (Phi) is 7.36. The highest BCUT2D eigenvalue weighted by Crippen LogP contribution is 2.26. The maximum Gasteiger partial charge on any atom is 0.321 e. The fourth-order valence-electron chi connectivity index (χ4n) is 3.98. The van der Waals surface area contributed by atoms with Gasteiger partial charge in [0.25, 0.3) is 0 Å². The number of hydrogen-bond acceptors (Lipinski definition) is 5. The average molecular weight is 471 g/mol. The van der Waals surface area contributed by atoms with Crippen molar-refractivity contribution in [3.05, 3.63) is 24.0 Å². The summed E-state index contributed by atoms with van der Waals surface area (Å²) < 4.78 is 47.0. The van der Waals surface area contributed by atoms with E-state index in [0.29, 0.717) is 39.0 Å². The van der Waals surface area contributed by atoms with Gasteiger partial charge in [0.2, 0.25) is 10.0 Å². The lowest BCUT2D eigenvalue weighted by atomic mass is 10.1. The van der Waals surface area contributed by atoms with Crippen LogP contribution in [-0.4, -0.2) is 68.5 Å². The normalized spacial score (nSPS) is 23.3. The molecular weight excluding hydrogens is 435 g/mol. The second-order valence-corrected chi connectivity index (χ2v) is 12.2. The summed E-state index contributed by atoms with van der Waals surface area (Å²) in [5, 5.41) is 2.65. The lowest BCUT2D eigenvalue weighted by Gasteiger charge is -2.37. The molecule has 8 nitrogen and oxygen atoms in total. The molecule has 2 N–H and O–H groups in total. The first-order chi connectivity index (χ1) is 14.9. The summed E-state index contributed by atoms with van der Waals surface area (Å²) in [4.78, 5) is 16.3. The van der Waals surface area contributed by atoms with Gasteiger partial charge in [-0.1, -0.05) is 0 Å². The van der Waals surface area contributed by atoms with Crippen LogP contribution < -0.4 is 14.9 Å². The number of amides is 2. The predicted octanol–water partition coefficient (Wildman–Crippen LogP) is 3.15. The van der Waals surface area contributed by atoms with Crippen LogP contribution in [-0.2, 0) is 14.8 Å². The van der Waals surface area contributed by atoms with Gasteiger partial charge in [-0.05, 0) is 65.7 Å². The molecule has 2 saturated heterocycles. The van der Waals surface area contributed by atoms with Gasteiger partial charge in [-0.15, -0.1) is 0 Å². The summed E-state index contributed by atoms with van der Waals surface area (Å²) in [7, 11) is -3.44. The SMILES string of the molecule is CC1CN(c2ccc(NC(=O)N3CCC(NS(=O)(=O)C(C)(C)C)CC3)c(F)c2)CC(C)O1. The van der Waals surface area contributed by atoms with Gasteiger partial charge >= 0.3 is 6.03 Å². The number of urea groups is 1. The van der Waals surface area contributed by atoms with Crippen molar-refractivity contribution in [3.8, 4) is 0 Å². The molecule has 0 aromatic heterocycles. The molecule has 180 valence electrons. The Morgan fingerprint density at radius 3 is 2.25 bits per heavy atom. The highest BCUT2D eigenvalue weighted by Gasteiger charge is 2.33. The number of carbonyl (C=O) groups is 1. The van der Waals surface area contributed by atoms with Crippen LogP contribution in [0.2, 0.25) is 0 Å². The van der Waals surface area contributed by atoms with Gasteiger partial charge < -0.3 is 19.9 Å². The number of likely N-dealkylation sites (tertiary alicyclic amines) is 1. The third kappa shape index (κ3) is 5.90. The molecule has 0 radical (unpaired) electrons. The molecule has 3 rings (SSSR count). The Morgan fingerprint density at radius 1 is 1.12 bits per heavy atom. The average Bonchev–Trinajstić information content (AvgIpc) is 2.68. The number of sulfonamides is 1. The molecule has 0 bridgehead atoms. The van der Waals surface area contributed by atoms with E-state index in [9.17, 15) is 17.6 Å². The second-order valence-electron chi connectivity index (χ2n) is 9.75. The lowest BCUT2D eigenvalue weighted by molar-refractivity contribution is -0.00523. The number of rotatable bonds is 4. The summed E-state index contributed by atoms with van der Waals surface area (Å²) in [5.41, 5.74) is 0.887. The molecule has 0 saturated carbocycles. The van der Waals surface area contributed by atoms with Crippen molar-refractivity contribution in [1.82, 2.24) is 9.62 Å². The van der Waals surface area contributed by atoms with Crippen LogP contribution >= 0.6 is 0 Å². The van der Waals surface area contributed by atoms with Crippen LogP contribution in [0.15, 0.2) is 18.2 Å². The number of benzene rings is 1. The number of nitrogens with zero attached hydrogens (tertiary/aromatic N) is 2. The van der Waals surface area contributed by atoms with E-state index in [1.54, 1.807) is 37.8 Å². The van der Waals surface area contributed by atoms with Gasteiger partial charge in [0.05, 0.1) is 22.6 Å². The van der Waals surface area contributed by atoms with Crippen LogP contribution in [0.4, 0.5) is 20.6 Å². The highest BCUT2D eigenvalue weighted by molar-refractivity contribution is 7.90. The molecule has 2 unspecified atom stereocenters. The molecule has 1 aromatic rings. The lowest BCUT2D eigenvalue weighted by Crippen LogP contribution is -2.50. The topological polar surface area (TPSA) is 91.0 Å². The Labute approximate surface area is 190 Å². The van der Waals surface area contributed by atoms with Gasteiger partial charge in [-0.2, -0.15) is 0 Å². The fourth-order valence-corrected chi connectivity index (χ4v) is 5.01. The Bertz CT molecular complexity index is 916. The number of piperidine rings is 1. The third-order valence-corrected chi connectivity index (χ3v) is 8.15. The van der Waals surface area contributed by atoms with E-state index in [4.69, 9.17) is 4.74 Å². The smallest absolute Gasteiger partial charge is 0.321 e. The number of ether oxygens (including phenoxy) is 1. The molecule has 2 heterocycles. The molecule has 2 fully saturated rings. The van der Waals surface area contributed by atoms with Crippen LogP contribution in [0.5, 0.6) is 0 Å². The molecule has 0 spiro atoms. The van der Waals surface area contributed by atoms with E-state index in [0.717, 1.165) is 5.69 Å². The van der Waals surface area contributed by atoms with Crippen LogP contribution in [0.1, 0.15) is 47.5 Å². The van der Waals surface area contributed by atoms with E-state index < -0.39 is 20.6 Å². The predicted molar refractivity (Wildman–Crippen MR) is 124 cm³/mol. The summed E-state index contributed by atoms with van der Waals surface area (Å²) >= 11 is 0. The van der Waals surface area contributed by atoms with E-state index in [1.807, 2.05) is 13.8 Å². The minimum absolute atomic E-state index is 0.0667. The minimum atomic E-state index is -3.44. The van der Waals surface area contributed by atoms with E-state index in [2.05, 4.69) is 14.9 Å². The first-order valence-corrected chi connectivity index (χ1v) is 12.6. The zero-order chi connectivity index (χ0) is 23.7. The van der Waals surface area contributed by atoms with Gasteiger partial charge in [0.1, 0.15) is 5.82 Å². The number of hydrogen-bond donors (Lipinski definition) is 2. The maximum absolute atomic E-state index is 14.7. The molecule has 32 heavy (non-hydrogen) atoms. The number of halogens is 1. The zero-order valence-corrected chi connectivity index (χ0v) is 20.3. The van der Waals surface area contributed by atoms with Gasteiger partial charge in [-0.25, -0.2) is 22.3 Å². The second kappa shape index (κ2) is 9.52. The molecule has 1 aromatic carbocycles. The summed E-state index contributed by atoms with van der Waals surface area (Å²) in [6, 6.07) is 4.22. The van der Waals surface area contributed by atoms with Gasteiger partial charge in [-0.3, -0.25) is 0 Å². The fraction of sp³-hybridized carbons (Fsp3) is 0.682. The number of nitrogens with one attached hydrogen (secondary N) is 2. The Morgan fingerprint density at radius 2 is 1.72 bits per heavy atom. The molecule has 2 atom stereocenters. The molecule has 2 aliphatic heterocycles. The van der Waals surface area contributed by atoms with Gasteiger partial charge in [0, 0.05) is 37.9 Å². The van der Waals surface area contributed by atoms with Crippen molar-refractivity contribution in [1.29, 1.82) is 0 Å². The third-order valence-electron chi connectivity index (χ3n) is 5.89. The largest absolute Gasteiger partial charge is 0.372 e. The number of anilines is 2. The van der Waals surface area contributed by atoms with Crippen LogP contribution in [0.25, 0.3) is 0 Å². The maximum atomic E-state index is 14.7. The van der Waals surface area contributed by atoms with E-state index in [1.165, 1.54) is 6.07 Å². The first-order valence-electron chi connectivity index (χ1n) is 11.1. The minimum Gasteiger partial charge on any atom is -0.372 e. The van der Waals surface area contributed by atoms with Crippen molar-refractivity contribution in [2.24, 2.45) is 0 Å². The van der Waals surface area contributed by atoms with Crippen LogP contribution in [0.3, 0.4) is 0 Å². The van der Waals surface area contributed by atoms with Crippen molar-refractivity contribution in [2.45, 2.75) is 70.5 Å².